The fourth-order valence-electron chi connectivity index (χ4n) is 4.53. The molecule has 27 heavy (non-hydrogen) atoms. The zero-order valence-electron chi connectivity index (χ0n) is 16.9. The molecule has 1 amide bonds. The molecule has 1 aromatic carbocycles. The van der Waals surface area contributed by atoms with Crippen LogP contribution in [0.4, 0.5) is 0 Å². The first-order valence-corrected chi connectivity index (χ1v) is 9.64. The number of rotatable bonds is 6. The molecular formula is C21H33ClN2O3. The standard InChI is InChI=1S/C21H32N2O3.ClH/c1-20(2,15-8-9-17(25-3)18(11-15)26-4)13-23-19(24)21-10-6-5-7-16(21)12-22-14-21;/h8-9,11,16,22H,5-7,10,12-14H2,1-4H3,(H,23,24);1H/t16-,21+;/m0./s1. The van der Waals surface area contributed by atoms with Crippen LogP contribution in [0.15, 0.2) is 18.2 Å². The molecule has 1 heterocycles. The third kappa shape index (κ3) is 4.19. The van der Waals surface area contributed by atoms with Crippen LogP contribution in [0.2, 0.25) is 0 Å². The molecule has 1 aromatic rings. The molecule has 0 unspecified atom stereocenters. The maximum Gasteiger partial charge on any atom is 0.227 e. The lowest BCUT2D eigenvalue weighted by Gasteiger charge is -2.38. The van der Waals surface area contributed by atoms with Crippen molar-refractivity contribution >= 4 is 18.3 Å². The van der Waals surface area contributed by atoms with Crippen LogP contribution in [0.5, 0.6) is 11.5 Å². The van der Waals surface area contributed by atoms with Crippen molar-refractivity contribution < 1.29 is 14.3 Å². The summed E-state index contributed by atoms with van der Waals surface area (Å²) in [5.41, 5.74) is 0.728. The molecular weight excluding hydrogens is 364 g/mol. The number of fused-ring (bicyclic) bond motifs is 1. The van der Waals surface area contributed by atoms with Crippen LogP contribution in [0.3, 0.4) is 0 Å². The molecule has 5 nitrogen and oxygen atoms in total. The summed E-state index contributed by atoms with van der Waals surface area (Å²) in [6, 6.07) is 5.98. The molecule has 0 bridgehead atoms. The van der Waals surface area contributed by atoms with Crippen molar-refractivity contribution in [3.05, 3.63) is 23.8 Å². The fourth-order valence-corrected chi connectivity index (χ4v) is 4.53. The van der Waals surface area contributed by atoms with Crippen LogP contribution < -0.4 is 20.1 Å². The number of carbonyl (C=O) groups excluding carboxylic acids is 1. The van der Waals surface area contributed by atoms with E-state index in [1.54, 1.807) is 14.2 Å². The van der Waals surface area contributed by atoms with Gasteiger partial charge in [-0.05, 0) is 43.0 Å². The molecule has 2 aliphatic rings. The van der Waals surface area contributed by atoms with Gasteiger partial charge in [-0.3, -0.25) is 4.79 Å². The van der Waals surface area contributed by atoms with Gasteiger partial charge in [0.2, 0.25) is 5.91 Å². The molecule has 152 valence electrons. The number of ether oxygens (including phenoxy) is 2. The molecule has 2 N–H and O–H groups in total. The highest BCUT2D eigenvalue weighted by molar-refractivity contribution is 5.85. The van der Waals surface area contributed by atoms with Gasteiger partial charge in [-0.2, -0.15) is 0 Å². The second-order valence-corrected chi connectivity index (χ2v) is 8.37. The lowest BCUT2D eigenvalue weighted by atomic mass is 9.67. The lowest BCUT2D eigenvalue weighted by Crippen LogP contribution is -2.50. The highest BCUT2D eigenvalue weighted by atomic mass is 35.5. The minimum Gasteiger partial charge on any atom is -0.493 e. The summed E-state index contributed by atoms with van der Waals surface area (Å²) in [7, 11) is 3.28. The smallest absolute Gasteiger partial charge is 0.227 e. The number of benzene rings is 1. The molecule has 1 saturated carbocycles. The van der Waals surface area contributed by atoms with Crippen LogP contribution >= 0.6 is 12.4 Å². The third-order valence-corrected chi connectivity index (χ3v) is 6.35. The van der Waals surface area contributed by atoms with Gasteiger partial charge in [0.15, 0.2) is 11.5 Å². The minimum atomic E-state index is -0.202. The van der Waals surface area contributed by atoms with E-state index in [-0.39, 0.29) is 29.1 Å². The van der Waals surface area contributed by atoms with Gasteiger partial charge in [0, 0.05) is 18.5 Å². The number of methoxy groups -OCH3 is 2. The summed E-state index contributed by atoms with van der Waals surface area (Å²) in [6.45, 7) is 6.71. The Morgan fingerprint density at radius 1 is 1.26 bits per heavy atom. The molecule has 2 fully saturated rings. The van der Waals surface area contributed by atoms with Crippen LogP contribution in [0, 0.1) is 11.3 Å². The van der Waals surface area contributed by atoms with Gasteiger partial charge >= 0.3 is 0 Å². The largest absolute Gasteiger partial charge is 0.493 e. The lowest BCUT2D eigenvalue weighted by molar-refractivity contribution is -0.134. The molecule has 0 spiro atoms. The van der Waals surface area contributed by atoms with E-state index >= 15 is 0 Å². The monoisotopic (exact) mass is 396 g/mol. The SMILES string of the molecule is COc1ccc(C(C)(C)CNC(=O)[C@@]23CCCC[C@H]2CNC3)cc1OC.Cl. The fraction of sp³-hybridized carbons (Fsp3) is 0.667. The van der Waals surface area contributed by atoms with E-state index in [2.05, 4.69) is 24.5 Å². The highest BCUT2D eigenvalue weighted by Crippen LogP contribution is 2.44. The van der Waals surface area contributed by atoms with E-state index in [0.717, 1.165) is 43.0 Å². The van der Waals surface area contributed by atoms with Gasteiger partial charge in [-0.15, -0.1) is 12.4 Å². The van der Waals surface area contributed by atoms with E-state index in [0.29, 0.717) is 12.5 Å². The Morgan fingerprint density at radius 2 is 2.00 bits per heavy atom. The molecule has 1 saturated heterocycles. The second kappa shape index (κ2) is 8.70. The summed E-state index contributed by atoms with van der Waals surface area (Å²) in [5, 5.41) is 6.72. The van der Waals surface area contributed by atoms with Gasteiger partial charge in [-0.1, -0.05) is 32.8 Å². The number of hydrogen-bond acceptors (Lipinski definition) is 4. The van der Waals surface area contributed by atoms with Crippen LogP contribution in [-0.4, -0.2) is 39.8 Å². The first-order chi connectivity index (χ1) is 12.4. The molecule has 3 rings (SSSR count). The molecule has 1 aliphatic carbocycles. The van der Waals surface area contributed by atoms with Gasteiger partial charge < -0.3 is 20.1 Å². The first kappa shape index (κ1) is 21.8. The van der Waals surface area contributed by atoms with Crippen molar-refractivity contribution in [2.75, 3.05) is 33.9 Å². The highest BCUT2D eigenvalue weighted by Gasteiger charge is 2.49. The van der Waals surface area contributed by atoms with E-state index in [1.807, 2.05) is 18.2 Å². The summed E-state index contributed by atoms with van der Waals surface area (Å²) in [5.74, 6) is 2.15. The van der Waals surface area contributed by atoms with Crippen molar-refractivity contribution in [1.29, 1.82) is 0 Å². The topological polar surface area (TPSA) is 59.6 Å². The van der Waals surface area contributed by atoms with Gasteiger partial charge in [0.05, 0.1) is 19.6 Å². The quantitative estimate of drug-likeness (QED) is 0.774. The van der Waals surface area contributed by atoms with Crippen molar-refractivity contribution in [1.82, 2.24) is 10.6 Å². The van der Waals surface area contributed by atoms with Gasteiger partial charge in [-0.25, -0.2) is 0 Å². The van der Waals surface area contributed by atoms with Crippen molar-refractivity contribution in [2.24, 2.45) is 11.3 Å². The zero-order chi connectivity index (χ0) is 18.8. The van der Waals surface area contributed by atoms with Crippen molar-refractivity contribution in [3.8, 4) is 11.5 Å². The van der Waals surface area contributed by atoms with Crippen LogP contribution in [0.25, 0.3) is 0 Å². The predicted octanol–water partition coefficient (Wildman–Crippen LogP) is 3.30. The molecule has 1 aliphatic heterocycles. The molecule has 2 atom stereocenters. The first-order valence-electron chi connectivity index (χ1n) is 9.64. The number of hydrogen-bond donors (Lipinski definition) is 2. The van der Waals surface area contributed by atoms with Gasteiger partial charge in [0.1, 0.15) is 0 Å². The Labute approximate surface area is 169 Å². The number of halogens is 1. The Morgan fingerprint density at radius 3 is 2.70 bits per heavy atom. The normalized spacial score (nSPS) is 24.5. The predicted molar refractivity (Wildman–Crippen MR) is 110 cm³/mol. The zero-order valence-corrected chi connectivity index (χ0v) is 17.7. The summed E-state index contributed by atoms with van der Waals surface area (Å²) in [6.07, 6.45) is 4.58. The van der Waals surface area contributed by atoms with Crippen molar-refractivity contribution in [2.45, 2.75) is 44.9 Å². The van der Waals surface area contributed by atoms with E-state index in [9.17, 15) is 4.79 Å². The maximum absolute atomic E-state index is 13.1. The minimum absolute atomic E-state index is 0. The van der Waals surface area contributed by atoms with Crippen LogP contribution in [0.1, 0.15) is 45.1 Å². The number of nitrogens with one attached hydrogen (secondary N) is 2. The molecule has 6 heteroatoms. The Balaban J connectivity index is 0.00000261. The molecule has 0 radical (unpaired) electrons. The Kier molecular flexibility index (Phi) is 7.03. The summed E-state index contributed by atoms with van der Waals surface area (Å²) in [4.78, 5) is 13.1. The molecule has 0 aromatic heterocycles. The van der Waals surface area contributed by atoms with Crippen molar-refractivity contribution in [3.63, 3.8) is 0 Å². The third-order valence-electron chi connectivity index (χ3n) is 6.35. The number of carbonyl (C=O) groups is 1. The maximum atomic E-state index is 13.1. The van der Waals surface area contributed by atoms with Crippen LogP contribution in [-0.2, 0) is 10.2 Å². The van der Waals surface area contributed by atoms with E-state index in [4.69, 9.17) is 9.47 Å². The Bertz CT molecular complexity index is 665. The average Bonchev–Trinajstić information content (AvgIpc) is 3.10. The second-order valence-electron chi connectivity index (χ2n) is 8.37. The Hall–Kier alpha value is -1.46. The summed E-state index contributed by atoms with van der Waals surface area (Å²) >= 11 is 0. The average molecular weight is 397 g/mol. The number of amides is 1. The van der Waals surface area contributed by atoms with E-state index in [1.165, 1.54) is 12.8 Å². The van der Waals surface area contributed by atoms with Gasteiger partial charge in [0.25, 0.3) is 0 Å². The van der Waals surface area contributed by atoms with E-state index < -0.39 is 0 Å². The summed E-state index contributed by atoms with van der Waals surface area (Å²) < 4.78 is 10.8.